The molecular weight excluding hydrogens is 282 g/mol. The van der Waals surface area contributed by atoms with Gasteiger partial charge in [-0.15, -0.1) is 0 Å². The van der Waals surface area contributed by atoms with Gasteiger partial charge in [0.1, 0.15) is 0 Å². The number of halogens is 1. The van der Waals surface area contributed by atoms with Gasteiger partial charge in [-0.2, -0.15) is 0 Å². The van der Waals surface area contributed by atoms with Gasteiger partial charge in [-0.25, -0.2) is 0 Å². The monoisotopic (exact) mass is 307 g/mol. The third-order valence-corrected chi connectivity index (χ3v) is 5.36. The smallest absolute Gasteiger partial charge is 0.0686 e. The lowest BCUT2D eigenvalue weighted by atomic mass is 9.69. The molecule has 1 heterocycles. The summed E-state index contributed by atoms with van der Waals surface area (Å²) in [6, 6.07) is 8.81. The second-order valence-corrected chi connectivity index (χ2v) is 7.06. The standard InChI is InChI=1S/C18H26ClNO/c1-2-11-20-17(14-4-6-16(19)7-5-14)15-8-12-21-18(13-15)9-3-10-18/h4-7,15,17,20H,2-3,8-13H2,1H3. The van der Waals surface area contributed by atoms with Crippen molar-refractivity contribution >= 4 is 11.6 Å². The topological polar surface area (TPSA) is 21.3 Å². The zero-order valence-corrected chi connectivity index (χ0v) is 13.7. The number of benzene rings is 1. The minimum atomic E-state index is 0.210. The van der Waals surface area contributed by atoms with E-state index >= 15 is 0 Å². The van der Waals surface area contributed by atoms with Crippen LogP contribution >= 0.6 is 11.6 Å². The molecule has 1 saturated heterocycles. The van der Waals surface area contributed by atoms with Crippen molar-refractivity contribution in [1.29, 1.82) is 0 Å². The molecular formula is C18H26ClNO. The summed E-state index contributed by atoms with van der Waals surface area (Å²) in [6.45, 7) is 4.21. The molecule has 0 aromatic heterocycles. The van der Waals surface area contributed by atoms with Gasteiger partial charge >= 0.3 is 0 Å². The van der Waals surface area contributed by atoms with E-state index in [2.05, 4.69) is 24.4 Å². The van der Waals surface area contributed by atoms with Crippen LogP contribution in [0.25, 0.3) is 0 Å². The predicted octanol–water partition coefficient (Wildman–Crippen LogP) is 4.73. The van der Waals surface area contributed by atoms with Crippen molar-refractivity contribution < 1.29 is 4.74 Å². The highest BCUT2D eigenvalue weighted by Crippen LogP contribution is 2.47. The van der Waals surface area contributed by atoms with E-state index in [1.165, 1.54) is 37.7 Å². The van der Waals surface area contributed by atoms with Crippen LogP contribution in [0.15, 0.2) is 24.3 Å². The van der Waals surface area contributed by atoms with Crippen molar-refractivity contribution in [2.24, 2.45) is 5.92 Å². The van der Waals surface area contributed by atoms with Crippen molar-refractivity contribution in [1.82, 2.24) is 5.32 Å². The average Bonchev–Trinajstić information content (AvgIpc) is 2.48. The highest BCUT2D eigenvalue weighted by molar-refractivity contribution is 6.30. The zero-order chi connectivity index (χ0) is 14.7. The molecule has 1 aromatic carbocycles. The molecule has 116 valence electrons. The molecule has 1 aromatic rings. The second-order valence-electron chi connectivity index (χ2n) is 6.62. The maximum absolute atomic E-state index is 6.09. The van der Waals surface area contributed by atoms with Crippen LogP contribution in [-0.4, -0.2) is 18.8 Å². The molecule has 3 rings (SSSR count). The minimum Gasteiger partial charge on any atom is -0.375 e. The summed E-state index contributed by atoms with van der Waals surface area (Å²) in [5.74, 6) is 0.673. The minimum absolute atomic E-state index is 0.210. The van der Waals surface area contributed by atoms with Crippen LogP contribution in [0.4, 0.5) is 0 Å². The fourth-order valence-corrected chi connectivity index (χ4v) is 3.92. The van der Waals surface area contributed by atoms with Gasteiger partial charge in [-0.3, -0.25) is 0 Å². The first-order chi connectivity index (χ1) is 10.2. The van der Waals surface area contributed by atoms with Gasteiger partial charge in [-0.1, -0.05) is 30.7 Å². The SMILES string of the molecule is CCCNC(c1ccc(Cl)cc1)C1CCOC2(CCC2)C1. The summed E-state index contributed by atoms with van der Waals surface area (Å²) < 4.78 is 6.09. The molecule has 0 radical (unpaired) electrons. The van der Waals surface area contributed by atoms with Crippen LogP contribution in [-0.2, 0) is 4.74 Å². The Hall–Kier alpha value is -0.570. The van der Waals surface area contributed by atoms with Crippen LogP contribution < -0.4 is 5.32 Å². The van der Waals surface area contributed by atoms with Crippen LogP contribution in [0, 0.1) is 5.92 Å². The molecule has 2 fully saturated rings. The van der Waals surface area contributed by atoms with Crippen molar-refractivity contribution in [3.63, 3.8) is 0 Å². The van der Waals surface area contributed by atoms with Crippen molar-refractivity contribution in [2.75, 3.05) is 13.2 Å². The van der Waals surface area contributed by atoms with Crippen molar-refractivity contribution in [3.8, 4) is 0 Å². The zero-order valence-electron chi connectivity index (χ0n) is 12.9. The summed E-state index contributed by atoms with van der Waals surface area (Å²) in [5.41, 5.74) is 1.58. The van der Waals surface area contributed by atoms with Gasteiger partial charge in [0.15, 0.2) is 0 Å². The van der Waals surface area contributed by atoms with Gasteiger partial charge < -0.3 is 10.1 Å². The van der Waals surface area contributed by atoms with Gasteiger partial charge in [0, 0.05) is 17.7 Å². The molecule has 1 spiro atoms. The van der Waals surface area contributed by atoms with Crippen molar-refractivity contribution in [3.05, 3.63) is 34.9 Å². The Morgan fingerprint density at radius 1 is 1.33 bits per heavy atom. The van der Waals surface area contributed by atoms with Gasteiger partial charge in [0.05, 0.1) is 5.60 Å². The lowest BCUT2D eigenvalue weighted by Crippen LogP contribution is -2.48. The van der Waals surface area contributed by atoms with Crippen molar-refractivity contribution in [2.45, 2.75) is 57.1 Å². The number of ether oxygens (including phenoxy) is 1. The first-order valence-corrected chi connectivity index (χ1v) is 8.73. The quantitative estimate of drug-likeness (QED) is 0.849. The van der Waals surface area contributed by atoms with Gasteiger partial charge in [-0.05, 0) is 68.7 Å². The summed E-state index contributed by atoms with van der Waals surface area (Å²) in [7, 11) is 0. The third-order valence-electron chi connectivity index (χ3n) is 5.11. The van der Waals surface area contributed by atoms with E-state index in [0.29, 0.717) is 12.0 Å². The van der Waals surface area contributed by atoms with E-state index in [0.717, 1.165) is 24.6 Å². The molecule has 2 unspecified atom stereocenters. The number of rotatable bonds is 5. The van der Waals surface area contributed by atoms with Crippen LogP contribution in [0.5, 0.6) is 0 Å². The van der Waals surface area contributed by atoms with E-state index in [1.807, 2.05) is 12.1 Å². The second kappa shape index (κ2) is 6.68. The van der Waals surface area contributed by atoms with E-state index in [1.54, 1.807) is 0 Å². The molecule has 0 bridgehead atoms. The molecule has 1 N–H and O–H groups in total. The summed E-state index contributed by atoms with van der Waals surface area (Å²) >= 11 is 6.04. The molecule has 1 aliphatic heterocycles. The largest absolute Gasteiger partial charge is 0.375 e. The number of nitrogens with one attached hydrogen (secondary N) is 1. The normalized spacial score (nSPS) is 25.5. The number of hydrogen-bond donors (Lipinski definition) is 1. The van der Waals surface area contributed by atoms with E-state index in [4.69, 9.17) is 16.3 Å². The Balaban J connectivity index is 1.76. The summed E-state index contributed by atoms with van der Waals surface area (Å²) in [5, 5.41) is 4.58. The molecule has 0 amide bonds. The van der Waals surface area contributed by atoms with E-state index in [9.17, 15) is 0 Å². The molecule has 1 aliphatic carbocycles. The first-order valence-electron chi connectivity index (χ1n) is 8.35. The molecule has 2 atom stereocenters. The lowest BCUT2D eigenvalue weighted by molar-refractivity contribution is -0.147. The Labute approximate surface area is 133 Å². The number of hydrogen-bond acceptors (Lipinski definition) is 2. The fraction of sp³-hybridized carbons (Fsp3) is 0.667. The summed E-state index contributed by atoms with van der Waals surface area (Å²) in [6.07, 6.45) is 7.37. The lowest BCUT2D eigenvalue weighted by Gasteiger charge is -2.49. The Bertz CT molecular complexity index is 455. The van der Waals surface area contributed by atoms with E-state index < -0.39 is 0 Å². The maximum Gasteiger partial charge on any atom is 0.0686 e. The Morgan fingerprint density at radius 3 is 2.71 bits per heavy atom. The van der Waals surface area contributed by atoms with Crippen LogP contribution in [0.2, 0.25) is 5.02 Å². The predicted molar refractivity (Wildman–Crippen MR) is 87.7 cm³/mol. The highest BCUT2D eigenvalue weighted by atomic mass is 35.5. The molecule has 2 nitrogen and oxygen atoms in total. The van der Waals surface area contributed by atoms with Gasteiger partial charge in [0.2, 0.25) is 0 Å². The third kappa shape index (κ3) is 3.44. The Morgan fingerprint density at radius 2 is 2.10 bits per heavy atom. The van der Waals surface area contributed by atoms with Crippen LogP contribution in [0.1, 0.15) is 57.1 Å². The van der Waals surface area contributed by atoms with Crippen LogP contribution in [0.3, 0.4) is 0 Å². The summed E-state index contributed by atoms with van der Waals surface area (Å²) in [4.78, 5) is 0. The molecule has 21 heavy (non-hydrogen) atoms. The molecule has 3 heteroatoms. The molecule has 1 saturated carbocycles. The average molecular weight is 308 g/mol. The van der Waals surface area contributed by atoms with Gasteiger partial charge in [0.25, 0.3) is 0 Å². The first kappa shape index (κ1) is 15.3. The Kier molecular flexibility index (Phi) is 4.88. The van der Waals surface area contributed by atoms with E-state index in [-0.39, 0.29) is 5.60 Å². The fourth-order valence-electron chi connectivity index (χ4n) is 3.80. The highest BCUT2D eigenvalue weighted by Gasteiger charge is 2.44. The maximum atomic E-state index is 6.09. The molecule has 2 aliphatic rings.